The van der Waals surface area contributed by atoms with Crippen LogP contribution in [0, 0.1) is 0 Å². The molecular weight excluding hydrogens is 370 g/mol. The molecule has 4 rings (SSSR count). The summed E-state index contributed by atoms with van der Waals surface area (Å²) >= 11 is 0. The van der Waals surface area contributed by atoms with E-state index in [4.69, 9.17) is 4.74 Å². The van der Waals surface area contributed by atoms with Crippen molar-refractivity contribution in [2.75, 3.05) is 47.3 Å². The van der Waals surface area contributed by atoms with Crippen LogP contribution in [0.15, 0.2) is 54.6 Å². The van der Waals surface area contributed by atoms with Crippen LogP contribution >= 0.6 is 0 Å². The lowest BCUT2D eigenvalue weighted by atomic mass is 9.73. The monoisotopic (exact) mass is 407 g/mol. The van der Waals surface area contributed by atoms with Crippen molar-refractivity contribution in [2.24, 2.45) is 0 Å². The minimum absolute atomic E-state index is 0.106. The molecule has 4 nitrogen and oxygen atoms in total. The van der Waals surface area contributed by atoms with Crippen molar-refractivity contribution in [3.05, 3.63) is 65.7 Å². The standard InChI is InChI=1S/C26H37N3O/c1-27(2)26(14-12-24(13-15-26)29-18-16-28(3)17-19-29)23-10-7-11-25(20-23)30-21-22-8-5-4-6-9-22/h4-11,20,24H,12-19,21H2,1-3H3. The minimum atomic E-state index is 0.106. The second kappa shape index (κ2) is 9.51. The molecule has 30 heavy (non-hydrogen) atoms. The summed E-state index contributed by atoms with van der Waals surface area (Å²) in [5.74, 6) is 0.971. The van der Waals surface area contributed by atoms with E-state index in [1.807, 2.05) is 6.07 Å². The summed E-state index contributed by atoms with van der Waals surface area (Å²) in [4.78, 5) is 7.63. The molecule has 162 valence electrons. The Hall–Kier alpha value is -1.88. The smallest absolute Gasteiger partial charge is 0.120 e. The first-order valence-electron chi connectivity index (χ1n) is 11.4. The van der Waals surface area contributed by atoms with Gasteiger partial charge in [-0.15, -0.1) is 0 Å². The van der Waals surface area contributed by atoms with Crippen LogP contribution in [-0.2, 0) is 12.1 Å². The Kier molecular flexibility index (Phi) is 6.77. The first kappa shape index (κ1) is 21.4. The molecule has 4 heteroatoms. The predicted molar refractivity (Wildman–Crippen MR) is 124 cm³/mol. The Bertz CT molecular complexity index is 791. The number of likely N-dealkylation sites (N-methyl/N-ethyl adjacent to an activating group) is 1. The van der Waals surface area contributed by atoms with Crippen LogP contribution in [0.4, 0.5) is 0 Å². The highest BCUT2D eigenvalue weighted by molar-refractivity contribution is 5.34. The Balaban J connectivity index is 1.44. The number of rotatable bonds is 6. The zero-order valence-corrected chi connectivity index (χ0v) is 18.9. The van der Waals surface area contributed by atoms with Gasteiger partial charge in [-0.25, -0.2) is 0 Å². The average Bonchev–Trinajstić information content (AvgIpc) is 2.79. The van der Waals surface area contributed by atoms with Crippen molar-refractivity contribution in [3.63, 3.8) is 0 Å². The molecular formula is C26H37N3O. The van der Waals surface area contributed by atoms with Crippen molar-refractivity contribution in [3.8, 4) is 5.75 Å². The summed E-state index contributed by atoms with van der Waals surface area (Å²) in [6.07, 6.45) is 4.96. The predicted octanol–water partition coefficient (Wildman–Crippen LogP) is 4.21. The Morgan fingerprint density at radius 1 is 0.933 bits per heavy atom. The Labute approximate surface area is 182 Å². The molecule has 0 atom stereocenters. The van der Waals surface area contributed by atoms with Gasteiger partial charge in [-0.05, 0) is 70.1 Å². The summed E-state index contributed by atoms with van der Waals surface area (Å²) in [5, 5.41) is 0. The van der Waals surface area contributed by atoms with E-state index < -0.39 is 0 Å². The van der Waals surface area contributed by atoms with Gasteiger partial charge in [-0.2, -0.15) is 0 Å². The van der Waals surface area contributed by atoms with Gasteiger partial charge in [-0.3, -0.25) is 9.80 Å². The molecule has 0 N–H and O–H groups in total. The third kappa shape index (κ3) is 4.72. The third-order valence-corrected chi connectivity index (χ3v) is 7.31. The van der Waals surface area contributed by atoms with E-state index in [1.54, 1.807) is 0 Å². The topological polar surface area (TPSA) is 19.0 Å². The van der Waals surface area contributed by atoms with Crippen LogP contribution in [0.5, 0.6) is 5.75 Å². The summed E-state index contributed by atoms with van der Waals surface area (Å²) in [6.45, 7) is 5.47. The van der Waals surface area contributed by atoms with Crippen LogP contribution < -0.4 is 4.74 Å². The van der Waals surface area contributed by atoms with Gasteiger partial charge in [-0.1, -0.05) is 42.5 Å². The summed E-state index contributed by atoms with van der Waals surface area (Å²) in [5.41, 5.74) is 2.71. The van der Waals surface area contributed by atoms with Gasteiger partial charge in [0.05, 0.1) is 0 Å². The fourth-order valence-electron chi connectivity index (χ4n) is 5.24. The van der Waals surface area contributed by atoms with Gasteiger partial charge < -0.3 is 9.64 Å². The second-order valence-corrected chi connectivity index (χ2v) is 9.30. The molecule has 0 spiro atoms. The number of hydrogen-bond donors (Lipinski definition) is 0. The molecule has 0 aromatic heterocycles. The lowest BCUT2D eigenvalue weighted by Crippen LogP contribution is -2.53. The number of piperazine rings is 1. The highest BCUT2D eigenvalue weighted by Gasteiger charge is 2.40. The normalized spacial score (nSPS) is 26.1. The number of benzene rings is 2. The van der Waals surface area contributed by atoms with Gasteiger partial charge >= 0.3 is 0 Å². The molecule has 0 radical (unpaired) electrons. The molecule has 1 aliphatic carbocycles. The van der Waals surface area contributed by atoms with Gasteiger partial charge in [0.2, 0.25) is 0 Å². The van der Waals surface area contributed by atoms with E-state index in [-0.39, 0.29) is 5.54 Å². The fourth-order valence-corrected chi connectivity index (χ4v) is 5.24. The van der Waals surface area contributed by atoms with Crippen molar-refractivity contribution in [2.45, 2.75) is 43.9 Å². The minimum Gasteiger partial charge on any atom is -0.489 e. The zero-order chi connectivity index (χ0) is 21.0. The molecule has 1 aliphatic heterocycles. The van der Waals surface area contributed by atoms with Crippen LogP contribution in [0.25, 0.3) is 0 Å². The molecule has 1 heterocycles. The van der Waals surface area contributed by atoms with Crippen molar-refractivity contribution >= 4 is 0 Å². The van der Waals surface area contributed by atoms with Gasteiger partial charge in [0.15, 0.2) is 0 Å². The highest BCUT2D eigenvalue weighted by Crippen LogP contribution is 2.43. The van der Waals surface area contributed by atoms with Crippen LogP contribution in [0.3, 0.4) is 0 Å². The third-order valence-electron chi connectivity index (χ3n) is 7.31. The molecule has 2 aromatic carbocycles. The summed E-state index contributed by atoms with van der Waals surface area (Å²) in [7, 11) is 6.73. The van der Waals surface area contributed by atoms with E-state index in [9.17, 15) is 0 Å². The number of hydrogen-bond acceptors (Lipinski definition) is 4. The van der Waals surface area contributed by atoms with Crippen molar-refractivity contribution in [1.82, 2.24) is 14.7 Å². The maximum atomic E-state index is 6.14. The molecule has 2 aromatic rings. The molecule has 1 saturated heterocycles. The second-order valence-electron chi connectivity index (χ2n) is 9.30. The van der Waals surface area contributed by atoms with Crippen molar-refractivity contribution < 1.29 is 4.74 Å². The quantitative estimate of drug-likeness (QED) is 0.714. The lowest BCUT2D eigenvalue weighted by molar-refractivity contribution is 0.0313. The van der Waals surface area contributed by atoms with E-state index >= 15 is 0 Å². The first-order chi connectivity index (χ1) is 14.6. The highest BCUT2D eigenvalue weighted by atomic mass is 16.5. The van der Waals surface area contributed by atoms with E-state index in [2.05, 4.69) is 84.4 Å². The van der Waals surface area contributed by atoms with Crippen LogP contribution in [-0.4, -0.2) is 68.1 Å². The molecule has 1 saturated carbocycles. The van der Waals surface area contributed by atoms with Crippen LogP contribution in [0.2, 0.25) is 0 Å². The van der Waals surface area contributed by atoms with E-state index in [1.165, 1.54) is 63.0 Å². The molecule has 0 amide bonds. The molecule has 0 bridgehead atoms. The van der Waals surface area contributed by atoms with E-state index in [0.717, 1.165) is 11.8 Å². The van der Waals surface area contributed by atoms with Crippen molar-refractivity contribution in [1.29, 1.82) is 0 Å². The van der Waals surface area contributed by atoms with Gasteiger partial charge in [0.1, 0.15) is 12.4 Å². The Morgan fingerprint density at radius 3 is 2.30 bits per heavy atom. The van der Waals surface area contributed by atoms with Gasteiger partial charge in [0, 0.05) is 37.8 Å². The van der Waals surface area contributed by atoms with Crippen LogP contribution in [0.1, 0.15) is 36.8 Å². The molecule has 2 fully saturated rings. The maximum absolute atomic E-state index is 6.14. The lowest BCUT2D eigenvalue weighted by Gasteiger charge is -2.48. The molecule has 0 unspecified atom stereocenters. The SMILES string of the molecule is CN1CCN(C2CCC(c3cccc(OCc4ccccc4)c3)(N(C)C)CC2)CC1. The number of ether oxygens (including phenoxy) is 1. The first-order valence-corrected chi connectivity index (χ1v) is 11.4. The van der Waals surface area contributed by atoms with Gasteiger partial charge in [0.25, 0.3) is 0 Å². The van der Waals surface area contributed by atoms with E-state index in [0.29, 0.717) is 6.61 Å². The number of nitrogens with zero attached hydrogens (tertiary/aromatic N) is 3. The largest absolute Gasteiger partial charge is 0.489 e. The fraction of sp³-hybridized carbons (Fsp3) is 0.538. The summed E-state index contributed by atoms with van der Waals surface area (Å²) in [6, 6.07) is 20.0. The summed E-state index contributed by atoms with van der Waals surface area (Å²) < 4.78 is 6.14. The maximum Gasteiger partial charge on any atom is 0.120 e. The Morgan fingerprint density at radius 2 is 1.63 bits per heavy atom. The average molecular weight is 408 g/mol. The molecule has 2 aliphatic rings. The zero-order valence-electron chi connectivity index (χ0n) is 18.9.